The standard InChI is InChI=1S/C15H17N3O4S/c1-7-6-23-15(16-7)18-11(20)5-22-14(21)13-8(2)12(10(4)19)9(3)17-13/h6,17H,5H2,1-4H3,(H,16,18,20). The number of Topliss-reactive ketones (excluding diaryl/α,β-unsaturated/α-hetero) is 1. The van der Waals surface area contributed by atoms with Gasteiger partial charge in [0.15, 0.2) is 17.5 Å². The number of thiazole rings is 1. The monoisotopic (exact) mass is 335 g/mol. The van der Waals surface area contributed by atoms with Crippen LogP contribution in [0.3, 0.4) is 0 Å². The normalized spacial score (nSPS) is 10.4. The molecular weight excluding hydrogens is 318 g/mol. The number of nitrogens with zero attached hydrogens (tertiary/aromatic N) is 1. The van der Waals surface area contributed by atoms with E-state index in [2.05, 4.69) is 15.3 Å². The summed E-state index contributed by atoms with van der Waals surface area (Å²) in [5.41, 5.74) is 2.59. The van der Waals surface area contributed by atoms with Gasteiger partial charge >= 0.3 is 5.97 Å². The number of anilines is 1. The van der Waals surface area contributed by atoms with Crippen LogP contribution in [-0.2, 0) is 9.53 Å². The fourth-order valence-electron chi connectivity index (χ4n) is 2.25. The molecule has 0 radical (unpaired) electrons. The molecule has 2 aromatic rings. The smallest absolute Gasteiger partial charge is 0.355 e. The van der Waals surface area contributed by atoms with E-state index in [-0.39, 0.29) is 11.5 Å². The number of hydrogen-bond donors (Lipinski definition) is 2. The molecule has 2 N–H and O–H groups in total. The number of rotatable bonds is 5. The first kappa shape index (κ1) is 16.9. The van der Waals surface area contributed by atoms with Crippen molar-refractivity contribution in [2.45, 2.75) is 27.7 Å². The molecule has 122 valence electrons. The van der Waals surface area contributed by atoms with Crippen LogP contribution in [0.15, 0.2) is 5.38 Å². The number of ether oxygens (including phenoxy) is 1. The average molecular weight is 335 g/mol. The Labute approximate surface area is 137 Å². The van der Waals surface area contributed by atoms with Crippen LogP contribution >= 0.6 is 11.3 Å². The molecule has 23 heavy (non-hydrogen) atoms. The maximum atomic E-state index is 12.1. The van der Waals surface area contributed by atoms with Crippen molar-refractivity contribution in [1.82, 2.24) is 9.97 Å². The zero-order chi connectivity index (χ0) is 17.1. The molecule has 0 aliphatic heterocycles. The summed E-state index contributed by atoms with van der Waals surface area (Å²) in [6, 6.07) is 0. The number of carbonyl (C=O) groups excluding carboxylic acids is 3. The highest BCUT2D eigenvalue weighted by atomic mass is 32.1. The largest absolute Gasteiger partial charge is 0.451 e. The van der Waals surface area contributed by atoms with Crippen molar-refractivity contribution in [2.24, 2.45) is 0 Å². The molecule has 0 saturated heterocycles. The number of nitrogens with one attached hydrogen (secondary N) is 2. The Hall–Kier alpha value is -2.48. The summed E-state index contributed by atoms with van der Waals surface area (Å²) in [7, 11) is 0. The summed E-state index contributed by atoms with van der Waals surface area (Å²) in [5, 5.41) is 4.80. The highest BCUT2D eigenvalue weighted by molar-refractivity contribution is 7.13. The predicted octanol–water partition coefficient (Wildman–Crippen LogP) is 2.39. The lowest BCUT2D eigenvalue weighted by Gasteiger charge is -2.04. The molecule has 1 amide bonds. The van der Waals surface area contributed by atoms with Gasteiger partial charge in [-0.1, -0.05) is 0 Å². The van der Waals surface area contributed by atoms with Crippen LogP contribution in [0.2, 0.25) is 0 Å². The Morgan fingerprint density at radius 2 is 2.00 bits per heavy atom. The van der Waals surface area contributed by atoms with E-state index in [9.17, 15) is 14.4 Å². The second-order valence-corrected chi connectivity index (χ2v) is 5.96. The minimum Gasteiger partial charge on any atom is -0.451 e. The first-order valence-electron chi connectivity index (χ1n) is 6.88. The van der Waals surface area contributed by atoms with Gasteiger partial charge in [0.05, 0.1) is 5.69 Å². The molecule has 2 heterocycles. The van der Waals surface area contributed by atoms with E-state index < -0.39 is 18.5 Å². The number of aromatic nitrogens is 2. The number of carbonyl (C=O) groups is 3. The molecule has 0 spiro atoms. The van der Waals surface area contributed by atoms with Gasteiger partial charge in [-0.15, -0.1) is 11.3 Å². The van der Waals surface area contributed by atoms with Crippen molar-refractivity contribution < 1.29 is 19.1 Å². The van der Waals surface area contributed by atoms with Crippen LogP contribution in [0.25, 0.3) is 0 Å². The van der Waals surface area contributed by atoms with Crippen molar-refractivity contribution in [3.05, 3.63) is 33.6 Å². The summed E-state index contributed by atoms with van der Waals surface area (Å²) >= 11 is 1.29. The van der Waals surface area contributed by atoms with E-state index in [4.69, 9.17) is 4.74 Å². The van der Waals surface area contributed by atoms with E-state index in [0.717, 1.165) is 5.69 Å². The Bertz CT molecular complexity index is 776. The van der Waals surface area contributed by atoms with Gasteiger partial charge in [0.2, 0.25) is 0 Å². The average Bonchev–Trinajstić information content (AvgIpc) is 2.99. The van der Waals surface area contributed by atoms with E-state index in [1.54, 1.807) is 19.2 Å². The van der Waals surface area contributed by atoms with Crippen molar-refractivity contribution in [2.75, 3.05) is 11.9 Å². The van der Waals surface area contributed by atoms with Crippen molar-refractivity contribution in [3.63, 3.8) is 0 Å². The van der Waals surface area contributed by atoms with Crippen molar-refractivity contribution in [3.8, 4) is 0 Å². The van der Waals surface area contributed by atoms with Crippen molar-refractivity contribution in [1.29, 1.82) is 0 Å². The van der Waals surface area contributed by atoms with Crippen LogP contribution in [0.5, 0.6) is 0 Å². The van der Waals surface area contributed by atoms with E-state index in [1.165, 1.54) is 18.3 Å². The molecule has 0 aromatic carbocycles. The Morgan fingerprint density at radius 1 is 1.30 bits per heavy atom. The lowest BCUT2D eigenvalue weighted by atomic mass is 10.1. The third-order valence-corrected chi connectivity index (χ3v) is 4.07. The fraction of sp³-hybridized carbons (Fsp3) is 0.333. The quantitative estimate of drug-likeness (QED) is 0.645. The Morgan fingerprint density at radius 3 is 2.52 bits per heavy atom. The Balaban J connectivity index is 1.98. The second-order valence-electron chi connectivity index (χ2n) is 5.10. The topological polar surface area (TPSA) is 101 Å². The number of esters is 1. The zero-order valence-corrected chi connectivity index (χ0v) is 14.1. The molecule has 0 aliphatic rings. The minimum atomic E-state index is -0.677. The maximum Gasteiger partial charge on any atom is 0.355 e. The summed E-state index contributed by atoms with van der Waals surface area (Å²) in [6.07, 6.45) is 0. The number of aromatic amines is 1. The molecule has 2 rings (SSSR count). The van der Waals surface area contributed by atoms with Gasteiger partial charge in [-0.25, -0.2) is 9.78 Å². The summed E-state index contributed by atoms with van der Waals surface area (Å²) in [4.78, 5) is 42.3. The van der Waals surface area contributed by atoms with Gasteiger partial charge in [0.25, 0.3) is 5.91 Å². The summed E-state index contributed by atoms with van der Waals surface area (Å²) in [6.45, 7) is 6.19. The molecule has 0 atom stereocenters. The van der Waals surface area contributed by atoms with Crippen LogP contribution < -0.4 is 5.32 Å². The van der Waals surface area contributed by atoms with Gasteiger partial charge in [-0.05, 0) is 33.3 Å². The van der Waals surface area contributed by atoms with Crippen LogP contribution in [-0.4, -0.2) is 34.2 Å². The van der Waals surface area contributed by atoms with Gasteiger partial charge in [-0.2, -0.15) is 0 Å². The number of H-pyrrole nitrogens is 1. The lowest BCUT2D eigenvalue weighted by Crippen LogP contribution is -2.21. The van der Waals surface area contributed by atoms with E-state index >= 15 is 0 Å². The highest BCUT2D eigenvalue weighted by Gasteiger charge is 2.21. The molecule has 0 bridgehead atoms. The third-order valence-electron chi connectivity index (χ3n) is 3.19. The SMILES string of the molecule is CC(=O)c1c(C)[nH]c(C(=O)OCC(=O)Nc2nc(C)cs2)c1C. The van der Waals surface area contributed by atoms with E-state index in [0.29, 0.717) is 22.0 Å². The minimum absolute atomic E-state index is 0.132. The molecule has 2 aromatic heterocycles. The highest BCUT2D eigenvalue weighted by Crippen LogP contribution is 2.19. The summed E-state index contributed by atoms with van der Waals surface area (Å²) in [5.74, 6) is -1.28. The number of ketones is 1. The fourth-order valence-corrected chi connectivity index (χ4v) is 2.96. The van der Waals surface area contributed by atoms with E-state index in [1.807, 2.05) is 6.92 Å². The predicted molar refractivity (Wildman–Crippen MR) is 86.0 cm³/mol. The molecule has 7 nitrogen and oxygen atoms in total. The van der Waals surface area contributed by atoms with Crippen molar-refractivity contribution >= 4 is 34.1 Å². The van der Waals surface area contributed by atoms with Crippen LogP contribution in [0.1, 0.15) is 44.7 Å². The zero-order valence-electron chi connectivity index (χ0n) is 13.3. The Kier molecular flexibility index (Phi) is 4.95. The molecule has 0 unspecified atom stereocenters. The summed E-state index contributed by atoms with van der Waals surface area (Å²) < 4.78 is 4.98. The molecule has 0 saturated carbocycles. The van der Waals surface area contributed by atoms with Crippen LogP contribution in [0.4, 0.5) is 5.13 Å². The van der Waals surface area contributed by atoms with Gasteiger partial charge < -0.3 is 9.72 Å². The third kappa shape index (κ3) is 3.84. The van der Waals surface area contributed by atoms with Crippen LogP contribution in [0, 0.1) is 20.8 Å². The first-order chi connectivity index (χ1) is 10.8. The molecule has 0 aliphatic carbocycles. The number of aryl methyl sites for hydroxylation is 2. The number of amides is 1. The van der Waals surface area contributed by atoms with Gasteiger partial charge in [0.1, 0.15) is 5.69 Å². The number of hydrogen-bond acceptors (Lipinski definition) is 6. The molecule has 0 fully saturated rings. The van der Waals surface area contributed by atoms with Gasteiger partial charge in [0, 0.05) is 16.6 Å². The molecular formula is C15H17N3O4S. The maximum absolute atomic E-state index is 12.1. The van der Waals surface area contributed by atoms with Gasteiger partial charge in [-0.3, -0.25) is 14.9 Å². The second kappa shape index (κ2) is 6.74. The molecule has 8 heteroatoms. The first-order valence-corrected chi connectivity index (χ1v) is 7.76. The lowest BCUT2D eigenvalue weighted by molar-refractivity contribution is -0.119.